The van der Waals surface area contributed by atoms with Crippen molar-refractivity contribution in [3.63, 3.8) is 0 Å². The molecule has 1 heterocycles. The molecule has 1 fully saturated rings. The highest BCUT2D eigenvalue weighted by molar-refractivity contribution is 5.21. The summed E-state index contributed by atoms with van der Waals surface area (Å²) >= 11 is 0. The van der Waals surface area contributed by atoms with Gasteiger partial charge in [-0.15, -0.1) is 0 Å². The first kappa shape index (κ1) is 14.3. The van der Waals surface area contributed by atoms with Crippen LogP contribution < -0.4 is 10.5 Å². The van der Waals surface area contributed by atoms with Crippen LogP contribution in [0.3, 0.4) is 0 Å². The number of aromatic nitrogens is 1. The van der Waals surface area contributed by atoms with Gasteiger partial charge in [-0.2, -0.15) is 0 Å². The van der Waals surface area contributed by atoms with E-state index in [2.05, 4.69) is 25.8 Å². The van der Waals surface area contributed by atoms with Gasteiger partial charge in [0.15, 0.2) is 0 Å². The zero-order chi connectivity index (χ0) is 13.8. The molecule has 1 aliphatic rings. The second-order valence-corrected chi connectivity index (χ2v) is 5.94. The Morgan fingerprint density at radius 1 is 1.32 bits per heavy atom. The van der Waals surface area contributed by atoms with Crippen LogP contribution in [0.15, 0.2) is 18.3 Å². The first-order valence-corrected chi connectivity index (χ1v) is 7.48. The third kappa shape index (κ3) is 3.69. The molecule has 0 saturated heterocycles. The molecule has 19 heavy (non-hydrogen) atoms. The summed E-state index contributed by atoms with van der Waals surface area (Å²) in [6.07, 6.45) is 6.63. The lowest BCUT2D eigenvalue weighted by atomic mass is 9.80. The van der Waals surface area contributed by atoms with E-state index in [4.69, 9.17) is 10.5 Å². The molecule has 0 amide bonds. The number of ether oxygens (including phenoxy) is 1. The average Bonchev–Trinajstić information content (AvgIpc) is 2.43. The molecule has 3 nitrogen and oxygen atoms in total. The van der Waals surface area contributed by atoms with Gasteiger partial charge in [-0.3, -0.25) is 4.98 Å². The number of nitrogens with two attached hydrogens (primary N) is 1. The topological polar surface area (TPSA) is 48.1 Å². The fourth-order valence-electron chi connectivity index (χ4n) is 2.69. The van der Waals surface area contributed by atoms with Crippen molar-refractivity contribution in [1.82, 2.24) is 4.98 Å². The molecule has 0 bridgehead atoms. The van der Waals surface area contributed by atoms with Crippen LogP contribution in [0.4, 0.5) is 0 Å². The van der Waals surface area contributed by atoms with Crippen LogP contribution in [0, 0.1) is 11.8 Å². The average molecular weight is 262 g/mol. The molecule has 106 valence electrons. The van der Waals surface area contributed by atoms with Gasteiger partial charge in [0.2, 0.25) is 0 Å². The summed E-state index contributed by atoms with van der Waals surface area (Å²) in [5.74, 6) is 2.45. The Labute approximate surface area is 116 Å². The molecule has 2 N–H and O–H groups in total. The van der Waals surface area contributed by atoms with Crippen LogP contribution >= 0.6 is 0 Å². The van der Waals surface area contributed by atoms with Crippen molar-refractivity contribution in [2.45, 2.75) is 58.6 Å². The van der Waals surface area contributed by atoms with Crippen molar-refractivity contribution >= 4 is 0 Å². The summed E-state index contributed by atoms with van der Waals surface area (Å²) < 4.78 is 6.04. The highest BCUT2D eigenvalue weighted by Gasteiger charge is 2.25. The van der Waals surface area contributed by atoms with E-state index >= 15 is 0 Å². The van der Waals surface area contributed by atoms with Crippen molar-refractivity contribution in [3.8, 4) is 5.75 Å². The molecule has 0 spiro atoms. The van der Waals surface area contributed by atoms with Crippen LogP contribution in [0.1, 0.15) is 58.2 Å². The molecular weight excluding hydrogens is 236 g/mol. The second-order valence-electron chi connectivity index (χ2n) is 5.94. The zero-order valence-corrected chi connectivity index (χ0v) is 12.3. The molecule has 4 atom stereocenters. The van der Waals surface area contributed by atoms with Crippen molar-refractivity contribution in [1.29, 1.82) is 0 Å². The van der Waals surface area contributed by atoms with Crippen molar-refractivity contribution in [2.75, 3.05) is 0 Å². The SMILES string of the molecule is CCC(N)c1ccc(OC2CCC(C)C(C)C2)cn1. The monoisotopic (exact) mass is 262 g/mol. The predicted molar refractivity (Wildman–Crippen MR) is 78.1 cm³/mol. The largest absolute Gasteiger partial charge is 0.489 e. The smallest absolute Gasteiger partial charge is 0.138 e. The summed E-state index contributed by atoms with van der Waals surface area (Å²) in [5.41, 5.74) is 6.90. The van der Waals surface area contributed by atoms with Crippen LogP contribution in [-0.2, 0) is 0 Å². The van der Waals surface area contributed by atoms with Crippen LogP contribution in [0.2, 0.25) is 0 Å². The van der Waals surface area contributed by atoms with E-state index in [9.17, 15) is 0 Å². The molecule has 2 rings (SSSR count). The van der Waals surface area contributed by atoms with E-state index in [-0.39, 0.29) is 6.04 Å². The standard InChI is InChI=1S/C16H26N2O/c1-4-15(17)16-8-7-14(10-18-16)19-13-6-5-11(2)12(3)9-13/h7-8,10-13,15H,4-6,9,17H2,1-3H3. The molecule has 1 saturated carbocycles. The number of rotatable bonds is 4. The lowest BCUT2D eigenvalue weighted by Gasteiger charge is -2.32. The third-order valence-electron chi connectivity index (χ3n) is 4.43. The zero-order valence-electron chi connectivity index (χ0n) is 12.3. The lowest BCUT2D eigenvalue weighted by Crippen LogP contribution is -2.28. The Morgan fingerprint density at radius 3 is 2.68 bits per heavy atom. The van der Waals surface area contributed by atoms with Gasteiger partial charge in [0, 0.05) is 6.04 Å². The van der Waals surface area contributed by atoms with Crippen molar-refractivity contribution in [3.05, 3.63) is 24.0 Å². The normalized spacial score (nSPS) is 28.9. The Kier molecular flexibility index (Phi) is 4.81. The Bertz CT molecular complexity index is 390. The molecule has 1 aromatic rings. The van der Waals surface area contributed by atoms with Crippen molar-refractivity contribution in [2.24, 2.45) is 17.6 Å². The van der Waals surface area contributed by atoms with Crippen molar-refractivity contribution < 1.29 is 4.74 Å². The van der Waals surface area contributed by atoms with Gasteiger partial charge in [-0.25, -0.2) is 0 Å². The fraction of sp³-hybridized carbons (Fsp3) is 0.688. The molecule has 0 aromatic carbocycles. The fourth-order valence-corrected chi connectivity index (χ4v) is 2.69. The summed E-state index contributed by atoms with van der Waals surface area (Å²) in [7, 11) is 0. The third-order valence-corrected chi connectivity index (χ3v) is 4.43. The number of hydrogen-bond acceptors (Lipinski definition) is 3. The maximum Gasteiger partial charge on any atom is 0.138 e. The predicted octanol–water partition coefficient (Wildman–Crippen LogP) is 3.69. The minimum Gasteiger partial charge on any atom is -0.489 e. The molecule has 0 radical (unpaired) electrons. The van der Waals surface area contributed by atoms with Gasteiger partial charge in [-0.05, 0) is 49.7 Å². The summed E-state index contributed by atoms with van der Waals surface area (Å²) in [6, 6.07) is 4.02. The Hall–Kier alpha value is -1.09. The molecule has 0 aliphatic heterocycles. The molecule has 3 heteroatoms. The number of hydrogen-bond donors (Lipinski definition) is 1. The van der Waals surface area contributed by atoms with Gasteiger partial charge < -0.3 is 10.5 Å². The van der Waals surface area contributed by atoms with E-state index in [1.54, 1.807) is 0 Å². The van der Waals surface area contributed by atoms with Gasteiger partial charge in [0.25, 0.3) is 0 Å². The Balaban J connectivity index is 1.93. The summed E-state index contributed by atoms with van der Waals surface area (Å²) in [5, 5.41) is 0. The molecule has 4 unspecified atom stereocenters. The van der Waals surface area contributed by atoms with E-state index < -0.39 is 0 Å². The second kappa shape index (κ2) is 6.38. The molecule has 1 aromatic heterocycles. The molecular formula is C16H26N2O. The van der Waals surface area contributed by atoms with Crippen LogP contribution in [0.25, 0.3) is 0 Å². The van der Waals surface area contributed by atoms with E-state index in [1.807, 2.05) is 18.3 Å². The number of nitrogens with zero attached hydrogens (tertiary/aromatic N) is 1. The quantitative estimate of drug-likeness (QED) is 0.900. The summed E-state index contributed by atoms with van der Waals surface area (Å²) in [4.78, 5) is 4.40. The number of pyridine rings is 1. The highest BCUT2D eigenvalue weighted by atomic mass is 16.5. The van der Waals surface area contributed by atoms with Crippen LogP contribution in [-0.4, -0.2) is 11.1 Å². The maximum atomic E-state index is 6.04. The van der Waals surface area contributed by atoms with Gasteiger partial charge in [0.1, 0.15) is 5.75 Å². The summed E-state index contributed by atoms with van der Waals surface area (Å²) in [6.45, 7) is 6.73. The maximum absolute atomic E-state index is 6.04. The minimum absolute atomic E-state index is 0.0320. The molecule has 1 aliphatic carbocycles. The lowest BCUT2D eigenvalue weighted by molar-refractivity contribution is 0.100. The minimum atomic E-state index is 0.0320. The van der Waals surface area contributed by atoms with Crippen LogP contribution in [0.5, 0.6) is 5.75 Å². The first-order valence-electron chi connectivity index (χ1n) is 7.48. The van der Waals surface area contributed by atoms with Gasteiger partial charge >= 0.3 is 0 Å². The van der Waals surface area contributed by atoms with Gasteiger partial charge in [-0.1, -0.05) is 20.8 Å². The Morgan fingerprint density at radius 2 is 2.11 bits per heavy atom. The van der Waals surface area contributed by atoms with E-state index in [0.717, 1.165) is 42.5 Å². The highest BCUT2D eigenvalue weighted by Crippen LogP contribution is 2.31. The first-order chi connectivity index (χ1) is 9.10. The van der Waals surface area contributed by atoms with Gasteiger partial charge in [0.05, 0.1) is 18.0 Å². The van der Waals surface area contributed by atoms with E-state index in [0.29, 0.717) is 6.10 Å². The van der Waals surface area contributed by atoms with E-state index in [1.165, 1.54) is 6.42 Å².